The average Bonchev–Trinajstić information content (AvgIpc) is 2.97. The molecule has 9 heteroatoms. The third-order valence-electron chi connectivity index (χ3n) is 5.21. The summed E-state index contributed by atoms with van der Waals surface area (Å²) in [5, 5.41) is 16.0. The summed E-state index contributed by atoms with van der Waals surface area (Å²) in [6.45, 7) is 5.20. The lowest BCUT2D eigenvalue weighted by Gasteiger charge is -2.44. The van der Waals surface area contributed by atoms with E-state index >= 15 is 0 Å². The van der Waals surface area contributed by atoms with Gasteiger partial charge in [-0.25, -0.2) is 18.3 Å². The summed E-state index contributed by atoms with van der Waals surface area (Å²) >= 11 is 0. The number of alkyl halides is 2. The number of carboxylic acids is 1. The van der Waals surface area contributed by atoms with Crippen molar-refractivity contribution in [3.8, 4) is 0 Å². The molecule has 1 N–H and O–H groups in total. The van der Waals surface area contributed by atoms with Gasteiger partial charge in [0, 0.05) is 19.0 Å². The number of piperidine rings is 1. The molecule has 25 heavy (non-hydrogen) atoms. The first-order valence-corrected chi connectivity index (χ1v) is 8.45. The van der Waals surface area contributed by atoms with E-state index in [0.29, 0.717) is 25.9 Å². The molecule has 0 aromatic carbocycles. The van der Waals surface area contributed by atoms with Crippen molar-refractivity contribution in [1.82, 2.24) is 19.9 Å². The van der Waals surface area contributed by atoms with E-state index in [2.05, 4.69) is 24.2 Å². The maximum Gasteiger partial charge on any atom is 0.358 e. The Morgan fingerprint density at radius 2 is 1.84 bits per heavy atom. The van der Waals surface area contributed by atoms with Crippen molar-refractivity contribution in [3.05, 3.63) is 11.4 Å². The number of carbonyl (C=O) groups excluding carboxylic acids is 1. The van der Waals surface area contributed by atoms with Gasteiger partial charge in [0.25, 0.3) is 6.43 Å². The third kappa shape index (κ3) is 3.36. The normalized spacial score (nSPS) is 21.4. The smallest absolute Gasteiger partial charge is 0.358 e. The number of hydrogen-bond donors (Lipinski definition) is 1. The van der Waals surface area contributed by atoms with Gasteiger partial charge in [-0.1, -0.05) is 19.1 Å². The number of likely N-dealkylation sites (tertiary alicyclic amines) is 1. The zero-order chi connectivity index (χ0) is 18.4. The van der Waals surface area contributed by atoms with Gasteiger partial charge in [0.1, 0.15) is 5.69 Å². The molecule has 1 amide bonds. The van der Waals surface area contributed by atoms with Crippen LogP contribution in [0.4, 0.5) is 8.78 Å². The fourth-order valence-electron chi connectivity index (χ4n) is 3.96. The number of amides is 1. The lowest BCUT2D eigenvalue weighted by atomic mass is 9.64. The van der Waals surface area contributed by atoms with E-state index in [1.54, 1.807) is 4.90 Å². The van der Waals surface area contributed by atoms with Crippen molar-refractivity contribution in [3.63, 3.8) is 0 Å². The van der Waals surface area contributed by atoms with Crippen LogP contribution in [0.15, 0.2) is 0 Å². The Morgan fingerprint density at radius 1 is 1.24 bits per heavy atom. The minimum absolute atomic E-state index is 0.0631. The summed E-state index contributed by atoms with van der Waals surface area (Å²) in [5.74, 6) is -1.31. The first-order valence-electron chi connectivity index (χ1n) is 8.45. The van der Waals surface area contributed by atoms with Gasteiger partial charge in [-0.15, -0.1) is 5.10 Å². The first-order chi connectivity index (χ1) is 11.7. The highest BCUT2D eigenvalue weighted by Crippen LogP contribution is 2.45. The predicted molar refractivity (Wildman–Crippen MR) is 83.3 cm³/mol. The molecule has 0 unspecified atom stereocenters. The second kappa shape index (κ2) is 6.34. The standard InChI is InChI=1S/C16H22F2N4O3/c1-16(2)7-9(8-16)14(23)21-5-3-10(4-6-21)22-12(13(17)18)11(15(24)25)19-20-22/h9-10,13H,3-8H2,1-2H3,(H,24,25). The molecule has 0 bridgehead atoms. The van der Waals surface area contributed by atoms with E-state index in [4.69, 9.17) is 5.11 Å². The van der Waals surface area contributed by atoms with Crippen LogP contribution in [-0.2, 0) is 4.79 Å². The number of aromatic carboxylic acids is 1. The molecule has 1 aliphatic carbocycles. The highest BCUT2D eigenvalue weighted by molar-refractivity contribution is 5.86. The number of carbonyl (C=O) groups is 2. The van der Waals surface area contributed by atoms with E-state index in [1.165, 1.54) is 0 Å². The van der Waals surface area contributed by atoms with E-state index < -0.39 is 23.8 Å². The minimum Gasteiger partial charge on any atom is -0.476 e. The number of hydrogen-bond acceptors (Lipinski definition) is 4. The summed E-state index contributed by atoms with van der Waals surface area (Å²) in [4.78, 5) is 25.3. The molecule has 0 atom stereocenters. The van der Waals surface area contributed by atoms with Gasteiger partial charge in [0.05, 0.1) is 6.04 Å². The third-order valence-corrected chi connectivity index (χ3v) is 5.21. The molecule has 3 rings (SSSR count). The number of rotatable bonds is 4. The van der Waals surface area contributed by atoms with Crippen molar-refractivity contribution in [1.29, 1.82) is 0 Å². The molecule has 1 aliphatic heterocycles. The molecule has 1 saturated heterocycles. The van der Waals surface area contributed by atoms with Crippen molar-refractivity contribution in [2.75, 3.05) is 13.1 Å². The fraction of sp³-hybridized carbons (Fsp3) is 0.750. The van der Waals surface area contributed by atoms with Crippen LogP contribution in [0.5, 0.6) is 0 Å². The monoisotopic (exact) mass is 356 g/mol. The first kappa shape index (κ1) is 17.8. The SMILES string of the molecule is CC1(C)CC(C(=O)N2CCC(n3nnc(C(=O)O)c3C(F)F)CC2)C1. The summed E-state index contributed by atoms with van der Waals surface area (Å²) in [5.41, 5.74) is -1.14. The van der Waals surface area contributed by atoms with Gasteiger partial charge < -0.3 is 10.0 Å². The van der Waals surface area contributed by atoms with E-state index in [9.17, 15) is 18.4 Å². The van der Waals surface area contributed by atoms with Gasteiger partial charge >= 0.3 is 5.97 Å². The summed E-state index contributed by atoms with van der Waals surface area (Å²) in [6.07, 6.45) is -0.273. The largest absolute Gasteiger partial charge is 0.476 e. The highest BCUT2D eigenvalue weighted by atomic mass is 19.3. The van der Waals surface area contributed by atoms with Gasteiger partial charge in [0.15, 0.2) is 5.69 Å². The van der Waals surface area contributed by atoms with Crippen LogP contribution in [0.3, 0.4) is 0 Å². The average molecular weight is 356 g/mol. The number of halogens is 2. The van der Waals surface area contributed by atoms with Gasteiger partial charge in [0.2, 0.25) is 5.91 Å². The van der Waals surface area contributed by atoms with Crippen LogP contribution < -0.4 is 0 Å². The van der Waals surface area contributed by atoms with Crippen LogP contribution in [-0.4, -0.2) is 50.0 Å². The molecule has 0 radical (unpaired) electrons. The molecule has 1 saturated carbocycles. The predicted octanol–water partition coefficient (Wildman–Crippen LogP) is 2.51. The van der Waals surface area contributed by atoms with Crippen molar-refractivity contribution >= 4 is 11.9 Å². The summed E-state index contributed by atoms with van der Waals surface area (Å²) in [6, 6.07) is -0.369. The topological polar surface area (TPSA) is 88.3 Å². The summed E-state index contributed by atoms with van der Waals surface area (Å²) < 4.78 is 27.5. The Labute approximate surface area is 144 Å². The Hall–Kier alpha value is -2.06. The van der Waals surface area contributed by atoms with Crippen molar-refractivity contribution < 1.29 is 23.5 Å². The van der Waals surface area contributed by atoms with Gasteiger partial charge in [-0.3, -0.25) is 4.79 Å². The van der Waals surface area contributed by atoms with Crippen LogP contribution in [0.1, 0.15) is 68.2 Å². The lowest BCUT2D eigenvalue weighted by Crippen LogP contribution is -2.47. The highest BCUT2D eigenvalue weighted by Gasteiger charge is 2.42. The Kier molecular flexibility index (Phi) is 4.51. The molecule has 1 aromatic heterocycles. The number of carboxylic acid groups (broad SMARTS) is 1. The lowest BCUT2D eigenvalue weighted by molar-refractivity contribution is -0.143. The quantitative estimate of drug-likeness (QED) is 0.895. The zero-order valence-electron chi connectivity index (χ0n) is 14.3. The second-order valence-electron chi connectivity index (χ2n) is 7.70. The molecule has 2 heterocycles. The van der Waals surface area contributed by atoms with Gasteiger partial charge in [-0.05, 0) is 31.1 Å². The molecule has 2 fully saturated rings. The molecule has 2 aliphatic rings. The minimum atomic E-state index is -2.96. The molecule has 138 valence electrons. The summed E-state index contributed by atoms with van der Waals surface area (Å²) in [7, 11) is 0. The Balaban J connectivity index is 1.65. The molecular weight excluding hydrogens is 334 g/mol. The Bertz CT molecular complexity index is 673. The van der Waals surface area contributed by atoms with E-state index in [0.717, 1.165) is 17.5 Å². The van der Waals surface area contributed by atoms with Crippen LogP contribution >= 0.6 is 0 Å². The Morgan fingerprint density at radius 3 is 2.32 bits per heavy atom. The number of aromatic nitrogens is 3. The molecule has 0 spiro atoms. The van der Waals surface area contributed by atoms with Gasteiger partial charge in [-0.2, -0.15) is 0 Å². The zero-order valence-corrected chi connectivity index (χ0v) is 14.3. The maximum absolute atomic E-state index is 13.2. The maximum atomic E-state index is 13.2. The van der Waals surface area contributed by atoms with Crippen LogP contribution in [0.25, 0.3) is 0 Å². The van der Waals surface area contributed by atoms with Crippen molar-refractivity contribution in [2.45, 2.75) is 52.0 Å². The fourth-order valence-corrected chi connectivity index (χ4v) is 3.96. The number of nitrogens with zero attached hydrogens (tertiary/aromatic N) is 4. The molecular formula is C16H22F2N4O3. The van der Waals surface area contributed by atoms with E-state index in [-0.39, 0.29) is 23.3 Å². The van der Waals surface area contributed by atoms with Crippen molar-refractivity contribution in [2.24, 2.45) is 11.3 Å². The van der Waals surface area contributed by atoms with Crippen LogP contribution in [0, 0.1) is 11.3 Å². The van der Waals surface area contributed by atoms with E-state index in [1.807, 2.05) is 0 Å². The second-order valence-corrected chi connectivity index (χ2v) is 7.70. The molecule has 7 nitrogen and oxygen atoms in total. The van der Waals surface area contributed by atoms with Crippen LogP contribution in [0.2, 0.25) is 0 Å². The molecule has 1 aromatic rings.